The summed E-state index contributed by atoms with van der Waals surface area (Å²) >= 11 is 1.11. The number of ether oxygens (including phenoxy) is 1. The molecule has 0 atom stereocenters. The topological polar surface area (TPSA) is 67.0 Å². The third kappa shape index (κ3) is 3.88. The molecule has 5 nitrogen and oxygen atoms in total. The molecular weight excluding hydrogens is 367 g/mol. The number of aromatic amines is 1. The van der Waals surface area contributed by atoms with E-state index in [1.165, 1.54) is 0 Å². The summed E-state index contributed by atoms with van der Waals surface area (Å²) in [6.07, 6.45) is 1.33. The second-order valence-corrected chi connectivity index (χ2v) is 6.52. The van der Waals surface area contributed by atoms with E-state index in [1.54, 1.807) is 31.5 Å². The molecular formula is C17H14F3N3O2S. The number of nitrogens with zero attached hydrogens (tertiary/aromatic N) is 1. The molecule has 0 aliphatic heterocycles. The monoisotopic (exact) mass is 381 g/mol. The van der Waals surface area contributed by atoms with Crippen LogP contribution in [-0.2, 0) is 4.74 Å². The van der Waals surface area contributed by atoms with Crippen LogP contribution in [0.2, 0.25) is 0 Å². The highest BCUT2D eigenvalue weighted by Crippen LogP contribution is 2.30. The van der Waals surface area contributed by atoms with Gasteiger partial charge in [-0.25, -0.2) is 22.9 Å². The molecule has 3 aromatic rings. The van der Waals surface area contributed by atoms with Crippen molar-refractivity contribution in [2.45, 2.75) is 20.0 Å². The van der Waals surface area contributed by atoms with Gasteiger partial charge < -0.3 is 15.0 Å². The second-order valence-electron chi connectivity index (χ2n) is 5.66. The van der Waals surface area contributed by atoms with Gasteiger partial charge in [0.1, 0.15) is 17.2 Å². The predicted molar refractivity (Wildman–Crippen MR) is 92.1 cm³/mol. The summed E-state index contributed by atoms with van der Waals surface area (Å²) in [6, 6.07) is 2.74. The molecule has 1 aromatic carbocycles. The van der Waals surface area contributed by atoms with Crippen molar-refractivity contribution in [2.24, 2.45) is 0 Å². The molecule has 26 heavy (non-hydrogen) atoms. The molecule has 0 bridgehead atoms. The van der Waals surface area contributed by atoms with Gasteiger partial charge in [-0.2, -0.15) is 0 Å². The van der Waals surface area contributed by atoms with Crippen molar-refractivity contribution in [1.29, 1.82) is 0 Å². The van der Waals surface area contributed by atoms with Gasteiger partial charge in [-0.3, -0.25) is 0 Å². The molecule has 2 aromatic heterocycles. The smallest absolute Gasteiger partial charge is 0.355 e. The number of carbonyl (C=O) groups is 1. The predicted octanol–water partition coefficient (Wildman–Crippen LogP) is 4.86. The lowest BCUT2D eigenvalue weighted by molar-refractivity contribution is 0.0371. The zero-order valence-electron chi connectivity index (χ0n) is 13.8. The summed E-state index contributed by atoms with van der Waals surface area (Å²) in [6.45, 7) is 3.49. The molecule has 2 N–H and O–H groups in total. The largest absolute Gasteiger partial charge is 0.458 e. The highest BCUT2D eigenvalue weighted by atomic mass is 32.1. The molecule has 0 saturated heterocycles. The number of nitrogens with one attached hydrogen (secondary N) is 2. The Balaban J connectivity index is 1.79. The summed E-state index contributed by atoms with van der Waals surface area (Å²) in [5.74, 6) is -3.60. The van der Waals surface area contributed by atoms with Gasteiger partial charge in [0, 0.05) is 29.3 Å². The van der Waals surface area contributed by atoms with Crippen LogP contribution < -0.4 is 5.32 Å². The summed E-state index contributed by atoms with van der Waals surface area (Å²) < 4.78 is 45.5. The van der Waals surface area contributed by atoms with Crippen LogP contribution in [0.15, 0.2) is 29.8 Å². The average Bonchev–Trinajstić information content (AvgIpc) is 3.19. The van der Waals surface area contributed by atoms with Gasteiger partial charge in [-0.1, -0.05) is 0 Å². The minimum atomic E-state index is -1.06. The lowest BCUT2D eigenvalue weighted by Gasteiger charge is -2.05. The van der Waals surface area contributed by atoms with Crippen molar-refractivity contribution in [2.75, 3.05) is 5.32 Å². The highest BCUT2D eigenvalue weighted by molar-refractivity contribution is 7.14. The fourth-order valence-electron chi connectivity index (χ4n) is 2.17. The van der Waals surface area contributed by atoms with E-state index in [4.69, 9.17) is 4.74 Å². The van der Waals surface area contributed by atoms with Crippen molar-refractivity contribution in [3.8, 4) is 11.3 Å². The van der Waals surface area contributed by atoms with Crippen LogP contribution in [0.25, 0.3) is 11.3 Å². The molecule has 0 fully saturated rings. The first-order chi connectivity index (χ1) is 12.3. The van der Waals surface area contributed by atoms with E-state index in [-0.39, 0.29) is 16.9 Å². The number of H-pyrrole nitrogens is 1. The number of benzene rings is 1. The Kier molecular flexibility index (Phi) is 4.99. The molecule has 0 saturated carbocycles. The van der Waals surface area contributed by atoms with E-state index in [9.17, 15) is 18.0 Å². The molecule has 0 aliphatic rings. The van der Waals surface area contributed by atoms with Gasteiger partial charge in [0.05, 0.1) is 11.8 Å². The van der Waals surface area contributed by atoms with Crippen LogP contribution in [0, 0.1) is 17.5 Å². The normalized spacial score (nSPS) is 11.0. The van der Waals surface area contributed by atoms with E-state index in [0.717, 1.165) is 11.3 Å². The summed E-state index contributed by atoms with van der Waals surface area (Å²) in [5.41, 5.74) is 0.903. The Morgan fingerprint density at radius 3 is 2.58 bits per heavy atom. The SMILES string of the molecule is CC(C)OC(=O)c1cc(-c2csc(Nc3c(F)cc(F)cc3F)n2)c[nH]1. The van der Waals surface area contributed by atoms with E-state index < -0.39 is 29.1 Å². The van der Waals surface area contributed by atoms with Crippen LogP contribution in [0.5, 0.6) is 0 Å². The third-order valence-electron chi connectivity index (χ3n) is 3.28. The lowest BCUT2D eigenvalue weighted by Crippen LogP contribution is -2.11. The average molecular weight is 381 g/mol. The van der Waals surface area contributed by atoms with Gasteiger partial charge >= 0.3 is 5.97 Å². The number of anilines is 2. The number of hydrogen-bond donors (Lipinski definition) is 2. The zero-order valence-corrected chi connectivity index (χ0v) is 14.6. The Morgan fingerprint density at radius 1 is 1.23 bits per heavy atom. The van der Waals surface area contributed by atoms with E-state index in [1.807, 2.05) is 0 Å². The van der Waals surface area contributed by atoms with Gasteiger partial charge in [0.15, 0.2) is 16.8 Å². The molecule has 0 radical (unpaired) electrons. The number of carbonyl (C=O) groups excluding carboxylic acids is 1. The summed E-state index contributed by atoms with van der Waals surface area (Å²) in [5, 5.41) is 4.38. The Labute approximate surface area is 150 Å². The Hall–Kier alpha value is -2.81. The Morgan fingerprint density at radius 2 is 1.92 bits per heavy atom. The number of hydrogen-bond acceptors (Lipinski definition) is 5. The number of halogens is 3. The first-order valence-corrected chi connectivity index (χ1v) is 8.48. The standard InChI is InChI=1S/C17H14F3N3O2S/c1-8(2)25-16(24)13-3-9(6-21-13)14-7-26-17(22-14)23-15-11(19)4-10(18)5-12(15)20/h3-8,21H,1-2H3,(H,22,23). The van der Waals surface area contributed by atoms with E-state index in [2.05, 4.69) is 15.3 Å². The highest BCUT2D eigenvalue weighted by Gasteiger charge is 2.16. The lowest BCUT2D eigenvalue weighted by atomic mass is 10.2. The Bertz CT molecular complexity index is 929. The van der Waals surface area contributed by atoms with Crippen LogP contribution in [0.4, 0.5) is 24.0 Å². The zero-order chi connectivity index (χ0) is 18.8. The van der Waals surface area contributed by atoms with Gasteiger partial charge in [0.2, 0.25) is 0 Å². The second kappa shape index (κ2) is 7.20. The first kappa shape index (κ1) is 18.0. The molecule has 136 valence electrons. The summed E-state index contributed by atoms with van der Waals surface area (Å²) in [7, 11) is 0. The maximum absolute atomic E-state index is 13.7. The van der Waals surface area contributed by atoms with Crippen molar-refractivity contribution in [1.82, 2.24) is 9.97 Å². The van der Waals surface area contributed by atoms with Crippen LogP contribution in [0.3, 0.4) is 0 Å². The molecule has 0 unspecified atom stereocenters. The quantitative estimate of drug-likeness (QED) is 0.619. The molecule has 3 rings (SSSR count). The fourth-order valence-corrected chi connectivity index (χ4v) is 2.89. The summed E-state index contributed by atoms with van der Waals surface area (Å²) in [4.78, 5) is 18.9. The fraction of sp³-hybridized carbons (Fsp3) is 0.176. The molecule has 9 heteroatoms. The van der Waals surface area contributed by atoms with Crippen LogP contribution in [0.1, 0.15) is 24.3 Å². The first-order valence-electron chi connectivity index (χ1n) is 7.60. The van der Waals surface area contributed by atoms with E-state index in [0.29, 0.717) is 23.4 Å². The third-order valence-corrected chi connectivity index (χ3v) is 4.04. The van der Waals surface area contributed by atoms with Crippen LogP contribution >= 0.6 is 11.3 Å². The number of aromatic nitrogens is 2. The van der Waals surface area contributed by atoms with Crippen molar-refractivity contribution >= 4 is 28.1 Å². The van der Waals surface area contributed by atoms with Crippen LogP contribution in [-0.4, -0.2) is 22.0 Å². The minimum absolute atomic E-state index is 0.219. The molecule has 0 aliphatic carbocycles. The van der Waals surface area contributed by atoms with Gasteiger partial charge in [-0.15, -0.1) is 11.3 Å². The number of rotatable bonds is 5. The maximum Gasteiger partial charge on any atom is 0.355 e. The number of thiazole rings is 1. The number of esters is 1. The molecule has 0 amide bonds. The van der Waals surface area contributed by atoms with Gasteiger partial charge in [-0.05, 0) is 19.9 Å². The van der Waals surface area contributed by atoms with Gasteiger partial charge in [0.25, 0.3) is 0 Å². The minimum Gasteiger partial charge on any atom is -0.458 e. The van der Waals surface area contributed by atoms with Crippen molar-refractivity contribution in [3.05, 3.63) is 52.9 Å². The van der Waals surface area contributed by atoms with E-state index >= 15 is 0 Å². The maximum atomic E-state index is 13.7. The van der Waals surface area contributed by atoms with Crippen molar-refractivity contribution in [3.63, 3.8) is 0 Å². The molecule has 0 spiro atoms. The molecule has 2 heterocycles. The van der Waals surface area contributed by atoms with Crippen molar-refractivity contribution < 1.29 is 22.7 Å².